The Morgan fingerprint density at radius 3 is 2.53 bits per heavy atom. The lowest BCUT2D eigenvalue weighted by atomic mass is 9.96. The van der Waals surface area contributed by atoms with Gasteiger partial charge in [-0.15, -0.1) is 0 Å². The highest BCUT2D eigenvalue weighted by molar-refractivity contribution is 5.96. The van der Waals surface area contributed by atoms with Crippen molar-refractivity contribution in [3.63, 3.8) is 0 Å². The van der Waals surface area contributed by atoms with Gasteiger partial charge in [-0.3, -0.25) is 4.79 Å². The summed E-state index contributed by atoms with van der Waals surface area (Å²) >= 11 is 0. The van der Waals surface area contributed by atoms with Crippen molar-refractivity contribution in [2.75, 3.05) is 26.3 Å². The lowest BCUT2D eigenvalue weighted by Gasteiger charge is -2.30. The molecular weight excluding hydrogens is 430 g/mol. The van der Waals surface area contributed by atoms with Gasteiger partial charge in [-0.25, -0.2) is 4.98 Å². The molecule has 0 bridgehead atoms. The first-order valence-electron chi connectivity index (χ1n) is 11.8. The summed E-state index contributed by atoms with van der Waals surface area (Å²) in [5.74, 6) is 2.60. The van der Waals surface area contributed by atoms with E-state index >= 15 is 0 Å². The number of hydrogen-bond acceptors (Lipinski definition) is 5. The first-order chi connectivity index (χ1) is 16.6. The number of para-hydroxylation sites is 2. The number of carbonyl (C=O) groups excluding carboxylic acids is 1. The second-order valence-corrected chi connectivity index (χ2v) is 9.03. The number of aromatic nitrogens is 2. The van der Waals surface area contributed by atoms with Gasteiger partial charge in [0, 0.05) is 42.1 Å². The maximum absolute atomic E-state index is 13.5. The Balaban J connectivity index is 1.20. The molecule has 0 radical (unpaired) electrons. The Morgan fingerprint density at radius 1 is 0.971 bits per heavy atom. The molecule has 1 amide bonds. The number of amides is 1. The van der Waals surface area contributed by atoms with Gasteiger partial charge in [-0.05, 0) is 57.0 Å². The smallest absolute Gasteiger partial charge is 0.255 e. The summed E-state index contributed by atoms with van der Waals surface area (Å²) in [6.45, 7) is 6.52. The molecule has 0 unspecified atom stereocenters. The van der Waals surface area contributed by atoms with Crippen molar-refractivity contribution in [2.24, 2.45) is 0 Å². The lowest BCUT2D eigenvalue weighted by molar-refractivity contribution is 0.0706. The van der Waals surface area contributed by atoms with E-state index in [4.69, 9.17) is 13.9 Å². The highest BCUT2D eigenvalue weighted by Crippen LogP contribution is 2.34. The lowest BCUT2D eigenvalue weighted by Crippen LogP contribution is -2.38. The normalized spacial score (nSPS) is 16.2. The number of benzene rings is 2. The Kier molecular flexibility index (Phi) is 5.05. The number of carbonyl (C=O) groups is 1. The molecule has 1 saturated heterocycles. The van der Waals surface area contributed by atoms with Crippen LogP contribution in [-0.4, -0.2) is 46.7 Å². The summed E-state index contributed by atoms with van der Waals surface area (Å²) in [6.07, 6.45) is 1.69. The van der Waals surface area contributed by atoms with E-state index in [2.05, 4.69) is 9.55 Å². The van der Waals surface area contributed by atoms with Crippen molar-refractivity contribution in [1.29, 1.82) is 0 Å². The van der Waals surface area contributed by atoms with Crippen LogP contribution in [0.3, 0.4) is 0 Å². The second-order valence-electron chi connectivity index (χ2n) is 9.03. The third-order valence-corrected chi connectivity index (χ3v) is 6.89. The molecular formula is C27H27N3O4. The molecule has 2 aliphatic heterocycles. The van der Waals surface area contributed by atoms with Gasteiger partial charge in [-0.1, -0.05) is 12.1 Å². The van der Waals surface area contributed by atoms with Crippen molar-refractivity contribution in [3.8, 4) is 17.2 Å². The molecule has 7 nitrogen and oxygen atoms in total. The van der Waals surface area contributed by atoms with E-state index in [0.29, 0.717) is 26.3 Å². The molecule has 7 heteroatoms. The van der Waals surface area contributed by atoms with Crippen LogP contribution in [0.25, 0.3) is 16.8 Å². The number of rotatable bonds is 3. The van der Waals surface area contributed by atoms with Crippen LogP contribution >= 0.6 is 0 Å². The van der Waals surface area contributed by atoms with E-state index in [1.165, 1.54) is 0 Å². The second kappa shape index (κ2) is 8.24. The minimum absolute atomic E-state index is 0.0768. The molecule has 2 aliphatic rings. The molecule has 0 aliphatic carbocycles. The van der Waals surface area contributed by atoms with E-state index in [1.807, 2.05) is 67.3 Å². The van der Waals surface area contributed by atoms with Crippen LogP contribution in [0.1, 0.15) is 46.4 Å². The van der Waals surface area contributed by atoms with Crippen LogP contribution in [0.15, 0.2) is 52.9 Å². The number of piperidine rings is 1. The first kappa shape index (κ1) is 20.8. The number of oxazole rings is 1. The average molecular weight is 458 g/mol. The zero-order valence-corrected chi connectivity index (χ0v) is 19.4. The quantitative estimate of drug-likeness (QED) is 0.432. The van der Waals surface area contributed by atoms with Gasteiger partial charge in [0.25, 0.3) is 5.91 Å². The summed E-state index contributed by atoms with van der Waals surface area (Å²) in [6, 6.07) is 15.8. The molecule has 6 rings (SSSR count). The van der Waals surface area contributed by atoms with Crippen LogP contribution in [0.2, 0.25) is 0 Å². The molecule has 0 atom stereocenters. The largest absolute Gasteiger partial charge is 0.486 e. The molecule has 0 saturated carbocycles. The summed E-state index contributed by atoms with van der Waals surface area (Å²) < 4.78 is 19.5. The van der Waals surface area contributed by atoms with E-state index in [0.717, 1.165) is 64.0 Å². The van der Waals surface area contributed by atoms with Crippen molar-refractivity contribution in [3.05, 3.63) is 71.4 Å². The molecule has 0 spiro atoms. The number of ether oxygens (including phenoxy) is 2. The van der Waals surface area contributed by atoms with Crippen molar-refractivity contribution >= 4 is 17.0 Å². The van der Waals surface area contributed by atoms with Crippen molar-refractivity contribution < 1.29 is 18.7 Å². The van der Waals surface area contributed by atoms with E-state index < -0.39 is 0 Å². The van der Waals surface area contributed by atoms with Crippen LogP contribution in [-0.2, 0) is 0 Å². The predicted octanol–water partition coefficient (Wildman–Crippen LogP) is 5.03. The van der Waals surface area contributed by atoms with Gasteiger partial charge >= 0.3 is 0 Å². The van der Waals surface area contributed by atoms with E-state index in [9.17, 15) is 4.79 Å². The molecule has 1 fully saturated rings. The fourth-order valence-corrected chi connectivity index (χ4v) is 5.11. The Hall–Kier alpha value is -3.74. The van der Waals surface area contributed by atoms with E-state index in [-0.39, 0.29) is 11.8 Å². The van der Waals surface area contributed by atoms with E-state index in [1.54, 1.807) is 0 Å². The number of fused-ring (bicyclic) bond motifs is 2. The molecule has 34 heavy (non-hydrogen) atoms. The number of nitrogens with zero attached hydrogens (tertiary/aromatic N) is 3. The molecule has 4 heterocycles. The average Bonchev–Trinajstić information content (AvgIpc) is 3.44. The maximum atomic E-state index is 13.5. The zero-order chi connectivity index (χ0) is 23.2. The highest BCUT2D eigenvalue weighted by Gasteiger charge is 2.29. The topological polar surface area (TPSA) is 69.7 Å². The van der Waals surface area contributed by atoms with Crippen LogP contribution in [0.4, 0.5) is 0 Å². The van der Waals surface area contributed by atoms with Crippen LogP contribution in [0.5, 0.6) is 11.5 Å². The fourth-order valence-electron chi connectivity index (χ4n) is 5.11. The molecule has 2 aromatic carbocycles. The van der Waals surface area contributed by atoms with Gasteiger partial charge in [0.2, 0.25) is 0 Å². The highest BCUT2D eigenvalue weighted by atomic mass is 16.6. The summed E-state index contributed by atoms with van der Waals surface area (Å²) in [5.41, 5.74) is 5.37. The van der Waals surface area contributed by atoms with Gasteiger partial charge in [-0.2, -0.15) is 0 Å². The number of aryl methyl sites for hydroxylation is 1. The van der Waals surface area contributed by atoms with Gasteiger partial charge in [0.15, 0.2) is 23.0 Å². The summed E-state index contributed by atoms with van der Waals surface area (Å²) in [5, 5.41) is 0. The van der Waals surface area contributed by atoms with Gasteiger partial charge in [0.05, 0.1) is 5.56 Å². The minimum atomic E-state index is 0.0768. The monoisotopic (exact) mass is 457 g/mol. The minimum Gasteiger partial charge on any atom is -0.486 e. The molecule has 174 valence electrons. The standard InChI is InChI=1S/C27H27N3O4/c1-17-15-21(18(2)30(17)20-7-8-24-25(16-20)33-14-13-32-24)27(31)29-11-9-19(10-12-29)26-28-22-5-3-4-6-23(22)34-26/h3-8,15-16,19H,9-14H2,1-2H3. The summed E-state index contributed by atoms with van der Waals surface area (Å²) in [4.78, 5) is 20.1. The number of likely N-dealkylation sites (tertiary alicyclic amines) is 1. The maximum Gasteiger partial charge on any atom is 0.255 e. The fraction of sp³-hybridized carbons (Fsp3) is 0.333. The Labute approximate surface area is 197 Å². The third kappa shape index (κ3) is 3.52. The predicted molar refractivity (Wildman–Crippen MR) is 128 cm³/mol. The SMILES string of the molecule is Cc1cc(C(=O)N2CCC(c3nc4ccccc4o3)CC2)c(C)n1-c1ccc2c(c1)OCCO2. The van der Waals surface area contributed by atoms with Crippen LogP contribution < -0.4 is 9.47 Å². The molecule has 4 aromatic rings. The van der Waals surface area contributed by atoms with Crippen LogP contribution in [0, 0.1) is 13.8 Å². The van der Waals surface area contributed by atoms with Crippen molar-refractivity contribution in [2.45, 2.75) is 32.6 Å². The molecule has 2 aromatic heterocycles. The van der Waals surface area contributed by atoms with Gasteiger partial charge < -0.3 is 23.4 Å². The Morgan fingerprint density at radius 2 is 1.74 bits per heavy atom. The van der Waals surface area contributed by atoms with Crippen molar-refractivity contribution in [1.82, 2.24) is 14.5 Å². The number of hydrogen-bond donors (Lipinski definition) is 0. The first-order valence-corrected chi connectivity index (χ1v) is 11.8. The van der Waals surface area contributed by atoms with Gasteiger partial charge in [0.1, 0.15) is 18.7 Å². The Bertz CT molecular complexity index is 1350. The molecule has 0 N–H and O–H groups in total. The third-order valence-electron chi connectivity index (χ3n) is 6.89. The summed E-state index contributed by atoms with van der Waals surface area (Å²) in [7, 11) is 0. The zero-order valence-electron chi connectivity index (χ0n) is 19.4.